The lowest BCUT2D eigenvalue weighted by Gasteiger charge is -2.11. The van der Waals surface area contributed by atoms with Crippen molar-refractivity contribution in [3.05, 3.63) is 40.1 Å². The van der Waals surface area contributed by atoms with Crippen LogP contribution in [0.4, 0.5) is 14.9 Å². The normalized spacial score (nSPS) is 10.3. The Balaban J connectivity index is 1.76. The topological polar surface area (TPSA) is 63.2 Å². The molecule has 0 bridgehead atoms. The Morgan fingerprint density at radius 3 is 2.95 bits per heavy atom. The maximum absolute atomic E-state index is 13.1. The first kappa shape index (κ1) is 16.2. The smallest absolute Gasteiger partial charge is 0.319 e. The number of aryl methyl sites for hydroxylation is 2. The van der Waals surface area contributed by atoms with Crippen LogP contribution in [0.1, 0.15) is 17.1 Å². The molecule has 0 saturated heterocycles. The van der Waals surface area contributed by atoms with Gasteiger partial charge < -0.3 is 15.4 Å². The van der Waals surface area contributed by atoms with Crippen LogP contribution in [-0.4, -0.2) is 24.7 Å². The minimum atomic E-state index is -0.415. The third kappa shape index (κ3) is 4.70. The first-order chi connectivity index (χ1) is 10.6. The van der Waals surface area contributed by atoms with Crippen molar-refractivity contribution in [2.75, 3.05) is 19.0 Å². The molecule has 2 amide bonds. The summed E-state index contributed by atoms with van der Waals surface area (Å²) in [5.74, 6) is -0.130. The number of thiazole rings is 1. The van der Waals surface area contributed by atoms with E-state index in [1.165, 1.54) is 25.3 Å². The van der Waals surface area contributed by atoms with Crippen LogP contribution in [0.15, 0.2) is 23.6 Å². The molecule has 0 unspecified atom stereocenters. The Morgan fingerprint density at radius 1 is 1.45 bits per heavy atom. The average molecular weight is 323 g/mol. The number of hydrogen-bond acceptors (Lipinski definition) is 4. The fourth-order valence-corrected chi connectivity index (χ4v) is 2.71. The van der Waals surface area contributed by atoms with E-state index in [-0.39, 0.29) is 11.8 Å². The summed E-state index contributed by atoms with van der Waals surface area (Å²) >= 11 is 1.63. The van der Waals surface area contributed by atoms with E-state index in [0.29, 0.717) is 12.2 Å². The number of ether oxygens (including phenoxy) is 1. The van der Waals surface area contributed by atoms with E-state index >= 15 is 0 Å². The monoisotopic (exact) mass is 323 g/mol. The lowest BCUT2D eigenvalue weighted by atomic mass is 10.3. The number of anilines is 1. The van der Waals surface area contributed by atoms with Gasteiger partial charge in [-0.3, -0.25) is 0 Å². The Kier molecular flexibility index (Phi) is 5.71. The number of rotatable bonds is 6. The molecule has 7 heteroatoms. The van der Waals surface area contributed by atoms with Gasteiger partial charge in [0.1, 0.15) is 11.6 Å². The van der Waals surface area contributed by atoms with E-state index in [0.717, 1.165) is 23.5 Å². The first-order valence-electron chi connectivity index (χ1n) is 6.88. The van der Waals surface area contributed by atoms with Gasteiger partial charge in [-0.1, -0.05) is 0 Å². The van der Waals surface area contributed by atoms with Crippen LogP contribution < -0.4 is 15.4 Å². The molecule has 118 valence electrons. The fraction of sp³-hybridized carbons (Fsp3) is 0.333. The largest absolute Gasteiger partial charge is 0.494 e. The molecule has 0 fully saturated rings. The zero-order chi connectivity index (χ0) is 15.9. The molecular formula is C15H18FN3O2S. The van der Waals surface area contributed by atoms with E-state index in [1.54, 1.807) is 11.3 Å². The number of amides is 2. The molecule has 0 aliphatic rings. The summed E-state index contributed by atoms with van der Waals surface area (Å²) in [5, 5.41) is 8.47. The van der Waals surface area contributed by atoms with Crippen LogP contribution in [0.3, 0.4) is 0 Å². The molecule has 0 radical (unpaired) electrons. The van der Waals surface area contributed by atoms with Crippen LogP contribution in [0.2, 0.25) is 0 Å². The maximum atomic E-state index is 13.1. The zero-order valence-corrected chi connectivity index (χ0v) is 13.3. The van der Waals surface area contributed by atoms with E-state index < -0.39 is 5.82 Å². The van der Waals surface area contributed by atoms with Gasteiger partial charge in [0.25, 0.3) is 0 Å². The third-order valence-electron chi connectivity index (χ3n) is 2.93. The third-order valence-corrected chi connectivity index (χ3v) is 3.96. The second-order valence-corrected chi connectivity index (χ2v) is 5.65. The fourth-order valence-electron chi connectivity index (χ4n) is 1.89. The number of urea groups is 1. The molecule has 1 heterocycles. The summed E-state index contributed by atoms with van der Waals surface area (Å²) in [6.45, 7) is 2.50. The lowest BCUT2D eigenvalue weighted by Crippen LogP contribution is -2.29. The van der Waals surface area contributed by atoms with Crippen molar-refractivity contribution >= 4 is 23.1 Å². The molecule has 2 aromatic rings. The molecule has 5 nitrogen and oxygen atoms in total. The summed E-state index contributed by atoms with van der Waals surface area (Å²) in [5.41, 5.74) is 1.45. The first-order valence-corrected chi connectivity index (χ1v) is 7.76. The molecular weight excluding hydrogens is 305 g/mol. The summed E-state index contributed by atoms with van der Waals surface area (Å²) in [6, 6.07) is 3.61. The van der Waals surface area contributed by atoms with Crippen molar-refractivity contribution in [3.63, 3.8) is 0 Å². The van der Waals surface area contributed by atoms with Crippen molar-refractivity contribution in [1.29, 1.82) is 0 Å². The van der Waals surface area contributed by atoms with Gasteiger partial charge in [0.2, 0.25) is 0 Å². The molecule has 0 aliphatic carbocycles. The van der Waals surface area contributed by atoms with Gasteiger partial charge in [-0.25, -0.2) is 14.2 Å². The van der Waals surface area contributed by atoms with Gasteiger partial charge in [-0.05, 0) is 25.5 Å². The average Bonchev–Trinajstić information content (AvgIpc) is 2.91. The number of nitrogens with zero attached hydrogens (tertiary/aromatic N) is 1. The summed E-state index contributed by atoms with van der Waals surface area (Å²) in [7, 11) is 1.42. The maximum Gasteiger partial charge on any atom is 0.319 e. The lowest BCUT2D eigenvalue weighted by molar-refractivity contribution is 0.252. The Bertz CT molecular complexity index is 645. The van der Waals surface area contributed by atoms with E-state index in [4.69, 9.17) is 4.74 Å². The number of nitrogens with one attached hydrogen (secondary N) is 2. The van der Waals surface area contributed by atoms with Crippen molar-refractivity contribution in [2.24, 2.45) is 0 Å². The molecule has 22 heavy (non-hydrogen) atoms. The van der Waals surface area contributed by atoms with Gasteiger partial charge in [-0.2, -0.15) is 0 Å². The predicted molar refractivity (Wildman–Crippen MR) is 85.1 cm³/mol. The number of hydrogen-bond donors (Lipinski definition) is 2. The number of methoxy groups -OCH3 is 1. The second kappa shape index (κ2) is 7.74. The highest BCUT2D eigenvalue weighted by Crippen LogP contribution is 2.24. The number of aromatic nitrogens is 1. The molecule has 2 rings (SSSR count). The standard InChI is InChI=1S/C15H18FN3O2S/c1-10-9-22-14(18-10)4-3-7-17-15(20)19-12-6-5-11(16)8-13(12)21-2/h5-6,8-9H,3-4,7H2,1-2H3,(H2,17,19,20). The Labute approximate surface area is 132 Å². The predicted octanol–water partition coefficient (Wildman–Crippen LogP) is 3.35. The quantitative estimate of drug-likeness (QED) is 0.801. The molecule has 1 aromatic carbocycles. The summed E-state index contributed by atoms with van der Waals surface area (Å²) < 4.78 is 18.1. The molecule has 2 N–H and O–H groups in total. The van der Waals surface area contributed by atoms with Crippen molar-refractivity contribution in [2.45, 2.75) is 19.8 Å². The van der Waals surface area contributed by atoms with Crippen LogP contribution >= 0.6 is 11.3 Å². The second-order valence-electron chi connectivity index (χ2n) is 4.71. The van der Waals surface area contributed by atoms with E-state index in [9.17, 15) is 9.18 Å². The zero-order valence-electron chi connectivity index (χ0n) is 12.5. The van der Waals surface area contributed by atoms with Crippen LogP contribution in [0.5, 0.6) is 5.75 Å². The summed E-state index contributed by atoms with van der Waals surface area (Å²) in [4.78, 5) is 16.2. The minimum Gasteiger partial charge on any atom is -0.494 e. The molecule has 0 saturated carbocycles. The van der Waals surface area contributed by atoms with Crippen LogP contribution in [-0.2, 0) is 6.42 Å². The summed E-state index contributed by atoms with van der Waals surface area (Å²) in [6.07, 6.45) is 1.64. The molecule has 0 aliphatic heterocycles. The van der Waals surface area contributed by atoms with Crippen LogP contribution in [0, 0.1) is 12.7 Å². The highest BCUT2D eigenvalue weighted by atomic mass is 32.1. The van der Waals surface area contributed by atoms with Crippen LogP contribution in [0.25, 0.3) is 0 Å². The van der Waals surface area contributed by atoms with Gasteiger partial charge in [-0.15, -0.1) is 11.3 Å². The molecule has 0 atom stereocenters. The molecule has 0 spiro atoms. The number of halogens is 1. The van der Waals surface area contributed by atoms with Gasteiger partial charge >= 0.3 is 6.03 Å². The van der Waals surface area contributed by atoms with Gasteiger partial charge in [0.05, 0.1) is 17.8 Å². The SMILES string of the molecule is COc1cc(F)ccc1NC(=O)NCCCc1nc(C)cs1. The number of carbonyl (C=O) groups excluding carboxylic acids is 1. The van der Waals surface area contributed by atoms with Gasteiger partial charge in [0.15, 0.2) is 0 Å². The van der Waals surface area contributed by atoms with Crippen molar-refractivity contribution in [3.8, 4) is 5.75 Å². The number of carbonyl (C=O) groups is 1. The highest BCUT2D eigenvalue weighted by Gasteiger charge is 2.08. The van der Waals surface area contributed by atoms with E-state index in [2.05, 4.69) is 15.6 Å². The van der Waals surface area contributed by atoms with E-state index in [1.807, 2.05) is 12.3 Å². The molecule has 1 aromatic heterocycles. The van der Waals surface area contributed by atoms with Crippen molar-refractivity contribution in [1.82, 2.24) is 10.3 Å². The van der Waals surface area contributed by atoms with Crippen molar-refractivity contribution < 1.29 is 13.9 Å². The highest BCUT2D eigenvalue weighted by molar-refractivity contribution is 7.09. The minimum absolute atomic E-state index is 0.286. The Hall–Kier alpha value is -2.15. The van der Waals surface area contributed by atoms with Gasteiger partial charge in [0, 0.05) is 30.1 Å². The number of benzene rings is 1. The Morgan fingerprint density at radius 2 is 2.27 bits per heavy atom.